The fraction of sp³-hybridized carbons (Fsp3) is 0.667. The van der Waals surface area contributed by atoms with Gasteiger partial charge in [0.1, 0.15) is 0 Å². The number of hydrogen-bond donors (Lipinski definition) is 1. The second kappa shape index (κ2) is 4.94. The maximum atomic E-state index is 9.79. The summed E-state index contributed by atoms with van der Waals surface area (Å²) in [6, 6.07) is 0. The summed E-state index contributed by atoms with van der Waals surface area (Å²) in [7, 11) is 0. The summed E-state index contributed by atoms with van der Waals surface area (Å²) in [5.74, 6) is 0. The first kappa shape index (κ1) is 8.31. The Balaban J connectivity index is 2.14. The first-order chi connectivity index (χ1) is 5.43. The van der Waals surface area contributed by atoms with Crippen LogP contribution < -0.4 is 5.32 Å². The van der Waals surface area contributed by atoms with Gasteiger partial charge in [0.25, 0.3) is 0 Å². The minimum absolute atomic E-state index is 0.745. The summed E-state index contributed by atoms with van der Waals surface area (Å²) in [4.78, 5) is 9.79. The number of amides is 1. The van der Waals surface area contributed by atoms with Gasteiger partial charge >= 0.3 is 6.41 Å². The predicted octanol–water partition coefficient (Wildman–Crippen LogP) is 1.53. The van der Waals surface area contributed by atoms with Gasteiger partial charge in [0, 0.05) is 6.54 Å². The third kappa shape index (κ3) is 3.21. The fourth-order valence-electron chi connectivity index (χ4n) is 1.41. The molecule has 1 amide bonds. The van der Waals surface area contributed by atoms with Crippen LogP contribution in [0, 0.1) is 0 Å². The van der Waals surface area contributed by atoms with Gasteiger partial charge in [-0.1, -0.05) is 11.6 Å². The highest BCUT2D eigenvalue weighted by Crippen LogP contribution is 2.19. The van der Waals surface area contributed by atoms with E-state index < -0.39 is 0 Å². The lowest BCUT2D eigenvalue weighted by atomic mass is 9.97. The zero-order valence-electron chi connectivity index (χ0n) is 6.73. The van der Waals surface area contributed by atoms with Gasteiger partial charge in [0.05, 0.1) is 0 Å². The lowest BCUT2D eigenvalue weighted by molar-refractivity contribution is 0.541. The monoisotopic (exact) mass is 152 g/mol. The number of rotatable bonds is 4. The molecule has 1 N–H and O–H groups in total. The van der Waals surface area contributed by atoms with Crippen molar-refractivity contribution in [3.8, 4) is 0 Å². The van der Waals surface area contributed by atoms with E-state index in [0.29, 0.717) is 0 Å². The summed E-state index contributed by atoms with van der Waals surface area (Å²) in [5.41, 5.74) is 1.50. The summed E-state index contributed by atoms with van der Waals surface area (Å²) in [6.07, 6.45) is 10.1. The highest BCUT2D eigenvalue weighted by molar-refractivity contribution is 5.46. The predicted molar refractivity (Wildman–Crippen MR) is 44.9 cm³/mol. The minimum atomic E-state index is 0.745. The molecule has 11 heavy (non-hydrogen) atoms. The normalized spacial score (nSPS) is 17.3. The SMILES string of the molecule is O=[C]NCCC1=CCCCC1. The van der Waals surface area contributed by atoms with Gasteiger partial charge in [0.2, 0.25) is 0 Å². The molecule has 0 unspecified atom stereocenters. The molecule has 0 aromatic rings. The Morgan fingerprint density at radius 2 is 2.45 bits per heavy atom. The van der Waals surface area contributed by atoms with E-state index in [-0.39, 0.29) is 0 Å². The molecule has 1 rings (SSSR count). The molecule has 0 atom stereocenters. The van der Waals surface area contributed by atoms with Gasteiger partial charge in [-0.3, -0.25) is 4.79 Å². The van der Waals surface area contributed by atoms with E-state index in [9.17, 15) is 4.79 Å². The van der Waals surface area contributed by atoms with Crippen LogP contribution in [0.3, 0.4) is 0 Å². The number of allylic oxidation sites excluding steroid dienone is 1. The van der Waals surface area contributed by atoms with Crippen molar-refractivity contribution in [1.82, 2.24) is 5.32 Å². The zero-order chi connectivity index (χ0) is 7.94. The fourth-order valence-corrected chi connectivity index (χ4v) is 1.41. The molecule has 2 heteroatoms. The Labute approximate surface area is 67.7 Å². The van der Waals surface area contributed by atoms with Crippen LogP contribution in [0.15, 0.2) is 11.6 Å². The van der Waals surface area contributed by atoms with Crippen LogP contribution in [0.1, 0.15) is 32.1 Å². The van der Waals surface area contributed by atoms with E-state index in [1.807, 2.05) is 0 Å². The first-order valence-corrected chi connectivity index (χ1v) is 4.21. The highest BCUT2D eigenvalue weighted by Gasteiger charge is 2.01. The summed E-state index contributed by atoms with van der Waals surface area (Å²) < 4.78 is 0. The molecule has 1 radical (unpaired) electrons. The van der Waals surface area contributed by atoms with Gasteiger partial charge in [0.15, 0.2) is 0 Å². The van der Waals surface area contributed by atoms with Crippen LogP contribution >= 0.6 is 0 Å². The van der Waals surface area contributed by atoms with Gasteiger partial charge in [-0.15, -0.1) is 0 Å². The van der Waals surface area contributed by atoms with Crippen LogP contribution in [0.5, 0.6) is 0 Å². The largest absolute Gasteiger partial charge is 0.348 e. The quantitative estimate of drug-likeness (QED) is 0.369. The standard InChI is InChI=1S/C9H14NO/c11-8-10-7-6-9-4-2-1-3-5-9/h4H,1-3,5-7H2,(H,10,11). The Bertz CT molecular complexity index is 152. The Kier molecular flexibility index (Phi) is 3.73. The summed E-state index contributed by atoms with van der Waals surface area (Å²) >= 11 is 0. The molecule has 2 nitrogen and oxygen atoms in total. The number of nitrogens with one attached hydrogen (secondary N) is 1. The molecular formula is C9H14NO. The molecule has 0 saturated carbocycles. The summed E-state index contributed by atoms with van der Waals surface area (Å²) in [5, 5.41) is 2.55. The van der Waals surface area contributed by atoms with E-state index >= 15 is 0 Å². The van der Waals surface area contributed by atoms with Crippen molar-refractivity contribution >= 4 is 6.41 Å². The number of hydrogen-bond acceptors (Lipinski definition) is 1. The first-order valence-electron chi connectivity index (χ1n) is 4.21. The molecule has 0 aromatic carbocycles. The maximum Gasteiger partial charge on any atom is 0.309 e. The van der Waals surface area contributed by atoms with Crippen molar-refractivity contribution in [2.75, 3.05) is 6.54 Å². The summed E-state index contributed by atoms with van der Waals surface area (Å²) in [6.45, 7) is 0.745. The molecule has 1 aliphatic carbocycles. The smallest absolute Gasteiger partial charge is 0.309 e. The molecule has 0 fully saturated rings. The van der Waals surface area contributed by atoms with Crippen molar-refractivity contribution in [3.05, 3.63) is 11.6 Å². The van der Waals surface area contributed by atoms with Crippen LogP contribution in [-0.2, 0) is 4.79 Å². The second-order valence-corrected chi connectivity index (χ2v) is 2.89. The molecule has 0 bridgehead atoms. The Hall–Kier alpha value is -0.790. The average molecular weight is 152 g/mol. The lowest BCUT2D eigenvalue weighted by Gasteiger charge is -2.11. The molecule has 1 aliphatic rings. The van der Waals surface area contributed by atoms with Crippen molar-refractivity contribution in [2.45, 2.75) is 32.1 Å². The third-order valence-electron chi connectivity index (χ3n) is 2.03. The van der Waals surface area contributed by atoms with E-state index in [2.05, 4.69) is 11.4 Å². The lowest BCUT2D eigenvalue weighted by Crippen LogP contribution is -2.13. The number of carbonyl (C=O) groups excluding carboxylic acids is 1. The van der Waals surface area contributed by atoms with Crippen LogP contribution in [-0.4, -0.2) is 13.0 Å². The average Bonchev–Trinajstić information content (AvgIpc) is 2.07. The Morgan fingerprint density at radius 1 is 1.55 bits per heavy atom. The molecule has 0 spiro atoms. The Morgan fingerprint density at radius 3 is 3.09 bits per heavy atom. The molecule has 0 aliphatic heterocycles. The van der Waals surface area contributed by atoms with Crippen molar-refractivity contribution in [3.63, 3.8) is 0 Å². The second-order valence-electron chi connectivity index (χ2n) is 2.89. The van der Waals surface area contributed by atoms with Crippen molar-refractivity contribution in [2.24, 2.45) is 0 Å². The third-order valence-corrected chi connectivity index (χ3v) is 2.03. The topological polar surface area (TPSA) is 29.1 Å². The maximum absolute atomic E-state index is 9.79. The van der Waals surface area contributed by atoms with E-state index in [1.165, 1.54) is 31.3 Å². The van der Waals surface area contributed by atoms with Crippen LogP contribution in [0.4, 0.5) is 0 Å². The van der Waals surface area contributed by atoms with Crippen LogP contribution in [0.25, 0.3) is 0 Å². The van der Waals surface area contributed by atoms with Gasteiger partial charge in [-0.2, -0.15) is 0 Å². The molecule has 61 valence electrons. The van der Waals surface area contributed by atoms with Crippen LogP contribution in [0.2, 0.25) is 0 Å². The molecule has 0 heterocycles. The van der Waals surface area contributed by atoms with Gasteiger partial charge in [-0.05, 0) is 32.1 Å². The van der Waals surface area contributed by atoms with E-state index in [4.69, 9.17) is 0 Å². The minimum Gasteiger partial charge on any atom is -0.348 e. The molecular weight excluding hydrogens is 138 g/mol. The highest BCUT2D eigenvalue weighted by atomic mass is 16.1. The molecule has 0 aromatic heterocycles. The van der Waals surface area contributed by atoms with Gasteiger partial charge < -0.3 is 5.32 Å². The van der Waals surface area contributed by atoms with E-state index in [0.717, 1.165) is 13.0 Å². The van der Waals surface area contributed by atoms with Crippen molar-refractivity contribution < 1.29 is 4.79 Å². The van der Waals surface area contributed by atoms with E-state index in [1.54, 1.807) is 6.41 Å². The van der Waals surface area contributed by atoms with Gasteiger partial charge in [-0.25, -0.2) is 0 Å². The van der Waals surface area contributed by atoms with Crippen molar-refractivity contribution in [1.29, 1.82) is 0 Å². The molecule has 0 saturated heterocycles. The zero-order valence-corrected chi connectivity index (χ0v) is 6.73.